The molecule has 5 nitrogen and oxygen atoms in total. The number of anilines is 1. The summed E-state index contributed by atoms with van der Waals surface area (Å²) in [6.07, 6.45) is 1.87. The minimum atomic E-state index is -0.255. The lowest BCUT2D eigenvalue weighted by molar-refractivity contribution is 0.607. The van der Waals surface area contributed by atoms with Crippen molar-refractivity contribution < 1.29 is 8.81 Å². The van der Waals surface area contributed by atoms with Gasteiger partial charge in [-0.3, -0.25) is 5.43 Å². The lowest BCUT2D eigenvalue weighted by Gasteiger charge is -1.99. The average molecular weight is 296 g/mol. The largest absolute Gasteiger partial charge is 0.423 e. The molecule has 0 unspecified atom stereocenters. The Morgan fingerprint density at radius 3 is 2.95 bits per heavy atom. The zero-order chi connectivity index (χ0) is 15.1. The molecule has 2 heterocycles. The summed E-state index contributed by atoms with van der Waals surface area (Å²) < 4.78 is 18.9. The third-order valence-corrected chi connectivity index (χ3v) is 3.58. The van der Waals surface area contributed by atoms with Gasteiger partial charge in [-0.1, -0.05) is 6.07 Å². The Labute approximate surface area is 125 Å². The van der Waals surface area contributed by atoms with Gasteiger partial charge in [-0.15, -0.1) is 0 Å². The minimum Gasteiger partial charge on any atom is -0.423 e. The molecule has 6 heteroatoms. The molecular formula is C16H13FN4O. The fourth-order valence-corrected chi connectivity index (χ4v) is 2.59. The van der Waals surface area contributed by atoms with Gasteiger partial charge in [0.1, 0.15) is 11.3 Å². The number of rotatable bonds is 3. The molecule has 0 aliphatic heterocycles. The Balaban J connectivity index is 1.85. The molecule has 110 valence electrons. The van der Waals surface area contributed by atoms with E-state index in [0.717, 1.165) is 27.5 Å². The van der Waals surface area contributed by atoms with Crippen LogP contribution in [0.5, 0.6) is 0 Å². The number of aromatic amines is 1. The van der Waals surface area contributed by atoms with Gasteiger partial charge >= 0.3 is 6.01 Å². The molecule has 0 amide bonds. The lowest BCUT2D eigenvalue weighted by Crippen LogP contribution is -2.14. The van der Waals surface area contributed by atoms with Crippen molar-refractivity contribution in [3.8, 4) is 11.1 Å². The Kier molecular flexibility index (Phi) is 2.83. The fourth-order valence-electron chi connectivity index (χ4n) is 2.59. The highest BCUT2D eigenvalue weighted by Gasteiger charge is 2.10. The first-order valence-electron chi connectivity index (χ1n) is 6.85. The first kappa shape index (κ1) is 12.8. The second-order valence-corrected chi connectivity index (χ2v) is 4.97. The Hall–Kier alpha value is -2.86. The van der Waals surface area contributed by atoms with E-state index in [9.17, 15) is 4.39 Å². The molecule has 3 N–H and O–H groups in total. The molecule has 0 fully saturated rings. The molecule has 0 aliphatic rings. The van der Waals surface area contributed by atoms with E-state index >= 15 is 0 Å². The van der Waals surface area contributed by atoms with Crippen molar-refractivity contribution in [2.45, 2.75) is 0 Å². The van der Waals surface area contributed by atoms with E-state index in [-0.39, 0.29) is 5.82 Å². The van der Waals surface area contributed by atoms with Crippen molar-refractivity contribution in [1.82, 2.24) is 15.4 Å². The monoisotopic (exact) mass is 296 g/mol. The van der Waals surface area contributed by atoms with Crippen molar-refractivity contribution in [3.63, 3.8) is 0 Å². The van der Waals surface area contributed by atoms with Crippen LogP contribution in [-0.2, 0) is 0 Å². The zero-order valence-corrected chi connectivity index (χ0v) is 11.8. The van der Waals surface area contributed by atoms with E-state index in [2.05, 4.69) is 20.8 Å². The average Bonchev–Trinajstić information content (AvgIpc) is 3.09. The van der Waals surface area contributed by atoms with Crippen molar-refractivity contribution >= 4 is 28.0 Å². The Bertz CT molecular complexity index is 973. The van der Waals surface area contributed by atoms with Gasteiger partial charge in [0, 0.05) is 29.7 Å². The summed E-state index contributed by atoms with van der Waals surface area (Å²) in [5.74, 6) is -0.255. The van der Waals surface area contributed by atoms with Crippen LogP contribution in [-0.4, -0.2) is 17.0 Å². The van der Waals surface area contributed by atoms with Gasteiger partial charge in [0.25, 0.3) is 0 Å². The number of benzene rings is 2. The van der Waals surface area contributed by atoms with Gasteiger partial charge in [0.05, 0.1) is 0 Å². The smallest absolute Gasteiger partial charge is 0.310 e. The van der Waals surface area contributed by atoms with Crippen LogP contribution in [0.3, 0.4) is 0 Å². The predicted octanol–water partition coefficient (Wildman–Crippen LogP) is 3.66. The summed E-state index contributed by atoms with van der Waals surface area (Å²) in [4.78, 5) is 7.39. The van der Waals surface area contributed by atoms with E-state index in [1.165, 1.54) is 12.1 Å². The van der Waals surface area contributed by atoms with Crippen LogP contribution in [0.25, 0.3) is 33.1 Å². The molecule has 4 aromatic rings. The zero-order valence-electron chi connectivity index (χ0n) is 11.8. The van der Waals surface area contributed by atoms with Crippen LogP contribution in [0.2, 0.25) is 0 Å². The lowest BCUT2D eigenvalue weighted by atomic mass is 10.0. The molecule has 22 heavy (non-hydrogen) atoms. The van der Waals surface area contributed by atoms with Gasteiger partial charge in [-0.05, 0) is 35.9 Å². The maximum Gasteiger partial charge on any atom is 0.310 e. The van der Waals surface area contributed by atoms with Crippen LogP contribution in [0.1, 0.15) is 0 Å². The predicted molar refractivity (Wildman–Crippen MR) is 83.9 cm³/mol. The molecule has 0 atom stereocenters. The van der Waals surface area contributed by atoms with E-state index in [4.69, 9.17) is 4.42 Å². The van der Waals surface area contributed by atoms with Gasteiger partial charge in [0.2, 0.25) is 0 Å². The summed E-state index contributed by atoms with van der Waals surface area (Å²) >= 11 is 0. The van der Waals surface area contributed by atoms with Crippen molar-refractivity contribution in [1.29, 1.82) is 0 Å². The van der Waals surface area contributed by atoms with Gasteiger partial charge in [-0.25, -0.2) is 9.82 Å². The second-order valence-electron chi connectivity index (χ2n) is 4.97. The number of hydrogen-bond donors (Lipinski definition) is 3. The Morgan fingerprint density at radius 1 is 1.18 bits per heavy atom. The van der Waals surface area contributed by atoms with Crippen LogP contribution in [0, 0.1) is 5.82 Å². The highest BCUT2D eigenvalue weighted by Crippen LogP contribution is 2.31. The number of nitrogens with zero attached hydrogens (tertiary/aromatic N) is 1. The quantitative estimate of drug-likeness (QED) is 0.505. The van der Waals surface area contributed by atoms with E-state index < -0.39 is 0 Å². The molecule has 0 aliphatic carbocycles. The van der Waals surface area contributed by atoms with Crippen molar-refractivity contribution in [2.24, 2.45) is 0 Å². The maximum atomic E-state index is 13.3. The summed E-state index contributed by atoms with van der Waals surface area (Å²) in [6, 6.07) is 10.9. The third kappa shape index (κ3) is 2.01. The topological polar surface area (TPSA) is 65.9 Å². The Morgan fingerprint density at radius 2 is 2.09 bits per heavy atom. The number of nitrogens with one attached hydrogen (secondary N) is 3. The molecule has 2 aromatic carbocycles. The molecule has 2 aromatic heterocycles. The summed E-state index contributed by atoms with van der Waals surface area (Å²) in [6.45, 7) is 0. The second kappa shape index (κ2) is 4.85. The number of hydrogen-bond acceptors (Lipinski definition) is 4. The van der Waals surface area contributed by atoms with Crippen LogP contribution >= 0.6 is 0 Å². The molecule has 0 bridgehead atoms. The highest BCUT2D eigenvalue weighted by molar-refractivity contribution is 5.97. The summed E-state index contributed by atoms with van der Waals surface area (Å²) in [5.41, 5.74) is 9.79. The SMILES string of the molecule is CNNc1nc2ccc(-c3c[nH]c4cc(F)ccc34)cc2o1. The van der Waals surface area contributed by atoms with Crippen molar-refractivity contribution in [3.05, 3.63) is 48.4 Å². The molecule has 0 saturated heterocycles. The molecule has 4 rings (SSSR count). The van der Waals surface area contributed by atoms with Crippen LogP contribution in [0.15, 0.2) is 47.0 Å². The number of fused-ring (bicyclic) bond motifs is 2. The number of aromatic nitrogens is 2. The van der Waals surface area contributed by atoms with E-state index in [1.54, 1.807) is 13.1 Å². The molecule has 0 spiro atoms. The number of hydrazine groups is 1. The van der Waals surface area contributed by atoms with E-state index in [0.29, 0.717) is 11.6 Å². The summed E-state index contributed by atoms with van der Waals surface area (Å²) in [7, 11) is 1.74. The number of H-pyrrole nitrogens is 1. The first-order valence-corrected chi connectivity index (χ1v) is 6.85. The molecule has 0 radical (unpaired) electrons. The summed E-state index contributed by atoms with van der Waals surface area (Å²) in [5, 5.41) is 0.967. The molecular weight excluding hydrogens is 283 g/mol. The fraction of sp³-hybridized carbons (Fsp3) is 0.0625. The minimum absolute atomic E-state index is 0.255. The van der Waals surface area contributed by atoms with Crippen molar-refractivity contribution in [2.75, 3.05) is 12.5 Å². The van der Waals surface area contributed by atoms with E-state index in [1.807, 2.05) is 24.4 Å². The van der Waals surface area contributed by atoms with Crippen LogP contribution in [0.4, 0.5) is 10.4 Å². The van der Waals surface area contributed by atoms with Gasteiger partial charge in [-0.2, -0.15) is 4.98 Å². The number of oxazole rings is 1. The van der Waals surface area contributed by atoms with Crippen LogP contribution < -0.4 is 10.9 Å². The van der Waals surface area contributed by atoms with Gasteiger partial charge < -0.3 is 9.40 Å². The first-order chi connectivity index (χ1) is 10.7. The highest BCUT2D eigenvalue weighted by atomic mass is 19.1. The standard InChI is InChI=1S/C16H13FN4O/c1-18-21-16-20-13-5-2-9(6-15(13)22-16)12-8-19-14-7-10(17)3-4-11(12)14/h2-8,18-19H,1H3,(H,20,21). The molecule has 0 saturated carbocycles. The number of halogens is 1. The third-order valence-electron chi connectivity index (χ3n) is 3.58. The maximum absolute atomic E-state index is 13.3. The van der Waals surface area contributed by atoms with Gasteiger partial charge in [0.15, 0.2) is 5.58 Å². The normalized spacial score (nSPS) is 11.4.